The second-order valence-electron chi connectivity index (χ2n) is 4.02. The number of nitrogens with zero attached hydrogens (tertiary/aromatic N) is 3. The van der Waals surface area contributed by atoms with Crippen LogP contribution < -0.4 is 5.32 Å². The highest BCUT2D eigenvalue weighted by Gasteiger charge is 2.17. The van der Waals surface area contributed by atoms with Gasteiger partial charge in [-0.05, 0) is 19.1 Å². The van der Waals surface area contributed by atoms with Crippen molar-refractivity contribution in [2.24, 2.45) is 7.05 Å². The summed E-state index contributed by atoms with van der Waals surface area (Å²) in [5.74, 6) is -0.474. The number of benzene rings is 1. The molecule has 0 aliphatic rings. The molecule has 1 heterocycles. The molecule has 0 unspecified atom stereocenters. The first kappa shape index (κ1) is 12.7. The Labute approximate surface area is 109 Å². The number of hydrogen-bond acceptors (Lipinski definition) is 4. The highest BCUT2D eigenvalue weighted by Crippen LogP contribution is 2.23. The molecule has 0 atom stereocenters. The molecule has 1 amide bonds. The normalized spacial score (nSPS) is 10.2. The van der Waals surface area contributed by atoms with E-state index in [0.29, 0.717) is 0 Å². The fourth-order valence-electron chi connectivity index (χ4n) is 1.60. The van der Waals surface area contributed by atoms with E-state index in [1.807, 2.05) is 6.92 Å². The van der Waals surface area contributed by atoms with Crippen molar-refractivity contribution in [3.8, 4) is 0 Å². The molecule has 1 aromatic carbocycles. The Bertz CT molecular complexity index is 629. The number of aromatic nitrogens is 2. The summed E-state index contributed by atoms with van der Waals surface area (Å²) in [7, 11) is 1.72. The van der Waals surface area contributed by atoms with Crippen molar-refractivity contribution in [1.29, 1.82) is 0 Å². The molecule has 7 nitrogen and oxygen atoms in total. The first-order valence-corrected chi connectivity index (χ1v) is 5.54. The first-order valence-electron chi connectivity index (χ1n) is 5.54. The third-order valence-electron chi connectivity index (χ3n) is 2.70. The number of nitro groups is 1. The van der Waals surface area contributed by atoms with Gasteiger partial charge in [-0.15, -0.1) is 0 Å². The maximum absolute atomic E-state index is 11.9. The average Bonchev–Trinajstić information content (AvgIpc) is 2.70. The zero-order chi connectivity index (χ0) is 14.0. The fraction of sp³-hybridized carbons (Fsp3) is 0.167. The maximum atomic E-state index is 11.9. The van der Waals surface area contributed by atoms with Gasteiger partial charge in [0.15, 0.2) is 5.69 Å². The topological polar surface area (TPSA) is 90.1 Å². The van der Waals surface area contributed by atoms with Crippen LogP contribution in [0.3, 0.4) is 0 Å². The van der Waals surface area contributed by atoms with Crippen molar-refractivity contribution in [2.75, 3.05) is 5.32 Å². The summed E-state index contributed by atoms with van der Waals surface area (Å²) in [5, 5.41) is 17.3. The molecule has 1 aromatic heterocycles. The number of nitrogens with one attached hydrogen (secondary N) is 1. The van der Waals surface area contributed by atoms with Crippen molar-refractivity contribution in [3.05, 3.63) is 51.8 Å². The number of anilines is 1. The molecule has 0 aliphatic carbocycles. The smallest absolute Gasteiger partial charge is 0.292 e. The van der Waals surface area contributed by atoms with Crippen molar-refractivity contribution in [2.45, 2.75) is 6.92 Å². The summed E-state index contributed by atoms with van der Waals surface area (Å²) < 4.78 is 1.56. The van der Waals surface area contributed by atoms with Gasteiger partial charge in [0.25, 0.3) is 11.6 Å². The Balaban J connectivity index is 2.26. The second-order valence-corrected chi connectivity index (χ2v) is 4.02. The summed E-state index contributed by atoms with van der Waals surface area (Å²) in [6.07, 6.45) is 0. The van der Waals surface area contributed by atoms with Crippen LogP contribution in [-0.2, 0) is 7.05 Å². The van der Waals surface area contributed by atoms with Crippen LogP contribution >= 0.6 is 0 Å². The van der Waals surface area contributed by atoms with E-state index in [2.05, 4.69) is 10.4 Å². The van der Waals surface area contributed by atoms with E-state index in [1.165, 1.54) is 12.1 Å². The van der Waals surface area contributed by atoms with Crippen LogP contribution in [0.4, 0.5) is 11.4 Å². The molecule has 0 radical (unpaired) electrons. The van der Waals surface area contributed by atoms with Gasteiger partial charge in [0.2, 0.25) is 0 Å². The minimum absolute atomic E-state index is 0.150. The van der Waals surface area contributed by atoms with Gasteiger partial charge in [0, 0.05) is 18.8 Å². The van der Waals surface area contributed by atoms with E-state index < -0.39 is 10.8 Å². The molecule has 2 aromatic rings. The lowest BCUT2D eigenvalue weighted by Crippen LogP contribution is -2.14. The van der Waals surface area contributed by atoms with E-state index in [1.54, 1.807) is 29.9 Å². The summed E-state index contributed by atoms with van der Waals surface area (Å²) in [4.78, 5) is 22.2. The Morgan fingerprint density at radius 2 is 2.11 bits per heavy atom. The van der Waals surface area contributed by atoms with E-state index >= 15 is 0 Å². The standard InChI is InChI=1S/C12H12N4O3/c1-8-7-10(14-15(8)2)12(17)13-9-5-3-4-6-11(9)16(18)19/h3-7H,1-2H3,(H,13,17). The average molecular weight is 260 g/mol. The van der Waals surface area contributed by atoms with Gasteiger partial charge in [0.05, 0.1) is 4.92 Å². The number of amides is 1. The third-order valence-corrected chi connectivity index (χ3v) is 2.70. The largest absolute Gasteiger partial charge is 0.315 e. The number of hydrogen-bond donors (Lipinski definition) is 1. The van der Waals surface area contributed by atoms with Gasteiger partial charge in [-0.2, -0.15) is 5.10 Å². The van der Waals surface area contributed by atoms with Crippen molar-refractivity contribution in [1.82, 2.24) is 9.78 Å². The predicted molar refractivity (Wildman–Crippen MR) is 69.0 cm³/mol. The highest BCUT2D eigenvalue weighted by atomic mass is 16.6. The van der Waals surface area contributed by atoms with Gasteiger partial charge in [-0.25, -0.2) is 0 Å². The zero-order valence-corrected chi connectivity index (χ0v) is 10.5. The highest BCUT2D eigenvalue weighted by molar-refractivity contribution is 6.04. The van der Waals surface area contributed by atoms with Crippen LogP contribution in [0.5, 0.6) is 0 Å². The molecule has 0 fully saturated rings. The van der Waals surface area contributed by atoms with Crippen LogP contribution in [0.15, 0.2) is 30.3 Å². The molecule has 98 valence electrons. The van der Waals surface area contributed by atoms with E-state index in [4.69, 9.17) is 0 Å². The number of nitro benzene ring substituents is 1. The first-order chi connectivity index (χ1) is 8.99. The quantitative estimate of drug-likeness (QED) is 0.674. The lowest BCUT2D eigenvalue weighted by molar-refractivity contribution is -0.383. The van der Waals surface area contributed by atoms with E-state index in [0.717, 1.165) is 5.69 Å². The molecule has 7 heteroatoms. The third kappa shape index (κ3) is 2.59. The van der Waals surface area contributed by atoms with Crippen molar-refractivity contribution in [3.63, 3.8) is 0 Å². The van der Waals surface area contributed by atoms with Crippen molar-refractivity contribution < 1.29 is 9.72 Å². The van der Waals surface area contributed by atoms with Gasteiger partial charge >= 0.3 is 0 Å². The van der Waals surface area contributed by atoms with Crippen LogP contribution in [0.2, 0.25) is 0 Å². The minimum Gasteiger partial charge on any atom is -0.315 e. The number of para-hydroxylation sites is 2. The van der Waals surface area contributed by atoms with Gasteiger partial charge in [0.1, 0.15) is 5.69 Å². The van der Waals surface area contributed by atoms with Crippen LogP contribution in [-0.4, -0.2) is 20.6 Å². The van der Waals surface area contributed by atoms with Crippen LogP contribution in [0, 0.1) is 17.0 Å². The molecule has 0 spiro atoms. The molecular weight excluding hydrogens is 248 g/mol. The molecule has 0 saturated carbocycles. The van der Waals surface area contributed by atoms with Crippen LogP contribution in [0.25, 0.3) is 0 Å². The zero-order valence-electron chi connectivity index (χ0n) is 10.5. The maximum Gasteiger partial charge on any atom is 0.292 e. The molecule has 0 aliphatic heterocycles. The summed E-state index contributed by atoms with van der Waals surface area (Å²) in [5.41, 5.74) is 1.05. The van der Waals surface area contributed by atoms with Crippen LogP contribution in [0.1, 0.15) is 16.2 Å². The molecule has 19 heavy (non-hydrogen) atoms. The monoisotopic (exact) mass is 260 g/mol. The van der Waals surface area contributed by atoms with Gasteiger partial charge in [-0.3, -0.25) is 19.6 Å². The molecule has 2 rings (SSSR count). The molecular formula is C12H12N4O3. The number of carbonyl (C=O) groups is 1. The number of aryl methyl sites for hydroxylation is 2. The molecule has 1 N–H and O–H groups in total. The Morgan fingerprint density at radius 1 is 1.42 bits per heavy atom. The minimum atomic E-state index is -0.542. The molecule has 0 bridgehead atoms. The lowest BCUT2D eigenvalue weighted by Gasteiger charge is -2.03. The van der Waals surface area contributed by atoms with E-state index in [-0.39, 0.29) is 17.1 Å². The molecule has 0 saturated heterocycles. The summed E-state index contributed by atoms with van der Waals surface area (Å²) >= 11 is 0. The lowest BCUT2D eigenvalue weighted by atomic mass is 10.2. The summed E-state index contributed by atoms with van der Waals surface area (Å²) in [6.45, 7) is 1.81. The van der Waals surface area contributed by atoms with Gasteiger partial charge in [-0.1, -0.05) is 12.1 Å². The van der Waals surface area contributed by atoms with Gasteiger partial charge < -0.3 is 5.32 Å². The fourth-order valence-corrected chi connectivity index (χ4v) is 1.60. The van der Waals surface area contributed by atoms with E-state index in [9.17, 15) is 14.9 Å². The predicted octanol–water partition coefficient (Wildman–Crippen LogP) is 1.89. The Morgan fingerprint density at radius 3 is 2.68 bits per heavy atom. The SMILES string of the molecule is Cc1cc(C(=O)Nc2ccccc2[N+](=O)[O-])nn1C. The number of carbonyl (C=O) groups excluding carboxylic acids is 1. The number of rotatable bonds is 3. The Kier molecular flexibility index (Phi) is 3.28. The second kappa shape index (κ2) is 4.89. The van der Waals surface area contributed by atoms with Crippen molar-refractivity contribution >= 4 is 17.3 Å². The summed E-state index contributed by atoms with van der Waals surface area (Å²) in [6, 6.07) is 7.58. The Hall–Kier alpha value is -2.70.